The van der Waals surface area contributed by atoms with Crippen molar-refractivity contribution in [1.29, 1.82) is 0 Å². The fourth-order valence-corrected chi connectivity index (χ4v) is 11.6. The van der Waals surface area contributed by atoms with E-state index in [1.807, 2.05) is 18.2 Å². The van der Waals surface area contributed by atoms with E-state index < -0.39 is 16.6 Å². The van der Waals surface area contributed by atoms with E-state index >= 15 is 0 Å². The highest BCUT2D eigenvalue weighted by atomic mass is 79.9. The lowest BCUT2D eigenvalue weighted by molar-refractivity contribution is -0.0131. The van der Waals surface area contributed by atoms with Crippen molar-refractivity contribution in [3.8, 4) is 0 Å². The predicted octanol–water partition coefficient (Wildman–Crippen LogP) is 7.37. The number of rotatable bonds is 12. The topological polar surface area (TPSA) is 36.9 Å². The molecule has 0 bridgehead atoms. The minimum atomic E-state index is -2.68. The maximum Gasteiger partial charge on any atom is 0.261 e. The summed E-state index contributed by atoms with van der Waals surface area (Å²) < 4.78 is 26.9. The first kappa shape index (κ1) is 31.9. The lowest BCUT2D eigenvalue weighted by Crippen LogP contribution is -2.67. The Labute approximate surface area is 257 Å². The molecule has 1 aliphatic heterocycles. The average molecular weight is 654 g/mol. The molecule has 0 fully saturated rings. The molecule has 4 nitrogen and oxygen atoms in total. The molecule has 0 aromatic heterocycles. The van der Waals surface area contributed by atoms with Crippen LogP contribution in [0.15, 0.2) is 102 Å². The standard InChI is InChI=1S/C34H45BrO4Si2/c1-27-32(39-40(5,6)26-35)22-29(38-33(27)25-36-23-28-16-10-7-11-17-28)24-37-41(34(2,3)4,30-18-12-8-13-19-30)31-20-14-9-15-21-31/h7-21,29,32H,22-26H2,1-6H3/t29-,32-/m1/s1. The van der Waals surface area contributed by atoms with E-state index in [2.05, 4.69) is 130 Å². The molecule has 3 aromatic carbocycles. The van der Waals surface area contributed by atoms with Crippen molar-refractivity contribution in [2.24, 2.45) is 0 Å². The van der Waals surface area contributed by atoms with Crippen molar-refractivity contribution < 1.29 is 18.3 Å². The van der Waals surface area contributed by atoms with Crippen molar-refractivity contribution in [3.05, 3.63) is 108 Å². The van der Waals surface area contributed by atoms with Crippen LogP contribution in [0.5, 0.6) is 0 Å². The summed E-state index contributed by atoms with van der Waals surface area (Å²) in [6.07, 6.45) is 0.599. The second kappa shape index (κ2) is 14.0. The van der Waals surface area contributed by atoms with E-state index in [4.69, 9.17) is 18.3 Å². The van der Waals surface area contributed by atoms with Crippen molar-refractivity contribution >= 4 is 42.9 Å². The first-order valence-corrected chi connectivity index (χ1v) is 20.7. The van der Waals surface area contributed by atoms with Crippen molar-refractivity contribution in [1.82, 2.24) is 0 Å². The fraction of sp³-hybridized carbons (Fsp3) is 0.412. The molecular weight excluding hydrogens is 608 g/mol. The highest BCUT2D eigenvalue weighted by molar-refractivity contribution is 9.09. The van der Waals surface area contributed by atoms with Crippen LogP contribution in [0.2, 0.25) is 18.1 Å². The van der Waals surface area contributed by atoms with Gasteiger partial charge < -0.3 is 18.3 Å². The summed E-state index contributed by atoms with van der Waals surface area (Å²) >= 11 is 3.69. The summed E-state index contributed by atoms with van der Waals surface area (Å²) in [6.45, 7) is 15.0. The number of halogens is 1. The quantitative estimate of drug-likeness (QED) is 0.151. The Morgan fingerprint density at radius 2 is 1.37 bits per heavy atom. The molecule has 1 heterocycles. The fourth-order valence-electron chi connectivity index (χ4n) is 5.56. The van der Waals surface area contributed by atoms with Gasteiger partial charge in [0.2, 0.25) is 0 Å². The highest BCUT2D eigenvalue weighted by Crippen LogP contribution is 2.38. The largest absolute Gasteiger partial charge is 0.490 e. The molecule has 0 spiro atoms. The van der Waals surface area contributed by atoms with Gasteiger partial charge >= 0.3 is 0 Å². The van der Waals surface area contributed by atoms with E-state index in [1.165, 1.54) is 10.4 Å². The molecule has 0 radical (unpaired) electrons. The third-order valence-corrected chi connectivity index (χ3v) is 18.4. The van der Waals surface area contributed by atoms with Crippen LogP contribution in [0.4, 0.5) is 0 Å². The molecule has 1 aliphatic rings. The van der Waals surface area contributed by atoms with Gasteiger partial charge in [0, 0.05) is 11.4 Å². The normalized spacial score (nSPS) is 18.3. The van der Waals surface area contributed by atoms with E-state index in [0.717, 1.165) is 28.3 Å². The number of benzene rings is 3. The maximum absolute atomic E-state index is 7.26. The Morgan fingerprint density at radius 1 is 0.829 bits per heavy atom. The molecule has 220 valence electrons. The third-order valence-electron chi connectivity index (χ3n) is 7.74. The van der Waals surface area contributed by atoms with Gasteiger partial charge in [-0.3, -0.25) is 0 Å². The van der Waals surface area contributed by atoms with Crippen molar-refractivity contribution in [2.45, 2.75) is 71.1 Å². The van der Waals surface area contributed by atoms with Gasteiger partial charge in [-0.05, 0) is 46.6 Å². The van der Waals surface area contributed by atoms with Crippen LogP contribution in [-0.2, 0) is 24.9 Å². The molecule has 0 saturated heterocycles. The van der Waals surface area contributed by atoms with E-state index in [1.54, 1.807) is 0 Å². The number of hydrogen-bond donors (Lipinski definition) is 0. The summed E-state index contributed by atoms with van der Waals surface area (Å²) in [4.78, 5) is 0.883. The van der Waals surface area contributed by atoms with E-state index in [-0.39, 0.29) is 17.2 Å². The van der Waals surface area contributed by atoms with Crippen LogP contribution < -0.4 is 10.4 Å². The first-order chi connectivity index (χ1) is 19.6. The molecule has 0 amide bonds. The molecular formula is C34H45BrO4Si2. The maximum atomic E-state index is 7.26. The van der Waals surface area contributed by atoms with Crippen LogP contribution >= 0.6 is 15.9 Å². The Hall–Kier alpha value is -2.01. The van der Waals surface area contributed by atoms with Crippen LogP contribution in [0.1, 0.15) is 39.7 Å². The molecule has 0 aliphatic carbocycles. The molecule has 2 atom stereocenters. The molecule has 0 N–H and O–H groups in total. The summed E-state index contributed by atoms with van der Waals surface area (Å²) in [7, 11) is -4.57. The highest BCUT2D eigenvalue weighted by Gasteiger charge is 2.50. The molecule has 0 saturated carbocycles. The predicted molar refractivity (Wildman–Crippen MR) is 178 cm³/mol. The molecule has 7 heteroatoms. The zero-order chi connectivity index (χ0) is 29.5. The molecule has 41 heavy (non-hydrogen) atoms. The second-order valence-corrected chi connectivity index (χ2v) is 22.5. The number of alkyl halides is 1. The second-order valence-electron chi connectivity index (χ2n) is 12.5. The Kier molecular flexibility index (Phi) is 10.9. The van der Waals surface area contributed by atoms with Crippen molar-refractivity contribution in [2.75, 3.05) is 18.2 Å². The SMILES string of the molecule is CC1=C(COCc2ccccc2)O[C@@H](CO[Si](c2ccccc2)(c2ccccc2)C(C)(C)C)C[C@H]1O[Si](C)(C)CBr. The van der Waals surface area contributed by atoms with Gasteiger partial charge in [0.15, 0.2) is 8.32 Å². The van der Waals surface area contributed by atoms with Gasteiger partial charge in [0.1, 0.15) is 18.5 Å². The van der Waals surface area contributed by atoms with Crippen LogP contribution in [0.3, 0.4) is 0 Å². The summed E-state index contributed by atoms with van der Waals surface area (Å²) in [5.74, 6) is 0.868. The van der Waals surface area contributed by atoms with Gasteiger partial charge in [-0.25, -0.2) is 0 Å². The average Bonchev–Trinajstić information content (AvgIpc) is 2.96. The van der Waals surface area contributed by atoms with Crippen LogP contribution in [-0.4, -0.2) is 47.0 Å². The summed E-state index contributed by atoms with van der Waals surface area (Å²) in [5.41, 5.74) is 2.27. The van der Waals surface area contributed by atoms with E-state index in [9.17, 15) is 0 Å². The Balaban J connectivity index is 1.61. The minimum Gasteiger partial charge on any atom is -0.490 e. The lowest BCUT2D eigenvalue weighted by Gasteiger charge is -2.44. The van der Waals surface area contributed by atoms with Crippen LogP contribution in [0, 0.1) is 0 Å². The monoisotopic (exact) mass is 652 g/mol. The zero-order valence-electron chi connectivity index (χ0n) is 25.4. The van der Waals surface area contributed by atoms with Gasteiger partial charge in [0.05, 0.1) is 19.3 Å². The molecule has 0 unspecified atom stereocenters. The van der Waals surface area contributed by atoms with E-state index in [0.29, 0.717) is 19.8 Å². The van der Waals surface area contributed by atoms with Gasteiger partial charge in [0.25, 0.3) is 8.32 Å². The summed E-state index contributed by atoms with van der Waals surface area (Å²) in [6, 6.07) is 31.8. The number of ether oxygens (including phenoxy) is 2. The molecule has 3 aromatic rings. The van der Waals surface area contributed by atoms with Crippen LogP contribution in [0.25, 0.3) is 0 Å². The summed E-state index contributed by atoms with van der Waals surface area (Å²) in [5, 5.41) is 2.44. The lowest BCUT2D eigenvalue weighted by atomic mass is 10.0. The molecule has 4 rings (SSSR count). The van der Waals surface area contributed by atoms with Gasteiger partial charge in [-0.1, -0.05) is 128 Å². The van der Waals surface area contributed by atoms with Crippen molar-refractivity contribution in [3.63, 3.8) is 0 Å². The Morgan fingerprint density at radius 3 is 1.88 bits per heavy atom. The number of hydrogen-bond acceptors (Lipinski definition) is 4. The Bertz CT molecular complexity index is 1220. The smallest absolute Gasteiger partial charge is 0.261 e. The minimum absolute atomic E-state index is 0.0222. The first-order valence-electron chi connectivity index (χ1n) is 14.5. The zero-order valence-corrected chi connectivity index (χ0v) is 28.9. The van der Waals surface area contributed by atoms with Gasteiger partial charge in [-0.15, -0.1) is 0 Å². The van der Waals surface area contributed by atoms with Gasteiger partial charge in [-0.2, -0.15) is 0 Å². The third kappa shape index (κ3) is 7.89.